The van der Waals surface area contributed by atoms with Crippen molar-refractivity contribution in [1.82, 2.24) is 0 Å². The molecule has 0 aromatic heterocycles. The third-order valence-electron chi connectivity index (χ3n) is 4.14. The first kappa shape index (κ1) is 20.4. The molecule has 2 aromatic rings. The highest BCUT2D eigenvalue weighted by molar-refractivity contribution is 8.01. The molecular formula is C20H18N2O6S. The molecule has 1 atom stereocenters. The van der Waals surface area contributed by atoms with E-state index in [2.05, 4.69) is 20.1 Å². The number of benzene rings is 2. The first-order valence-electron chi connectivity index (χ1n) is 8.59. The van der Waals surface area contributed by atoms with E-state index >= 15 is 0 Å². The second-order valence-corrected chi connectivity index (χ2v) is 7.37. The van der Waals surface area contributed by atoms with Crippen LogP contribution in [0.3, 0.4) is 0 Å². The summed E-state index contributed by atoms with van der Waals surface area (Å²) in [5.74, 6) is -2.02. The summed E-state index contributed by atoms with van der Waals surface area (Å²) in [5, 5.41) is 4.80. The fraction of sp³-hybridized carbons (Fsp3) is 0.200. The maximum Gasteiger partial charge on any atom is 0.337 e. The summed E-state index contributed by atoms with van der Waals surface area (Å²) in [6, 6.07) is 11.4. The van der Waals surface area contributed by atoms with Gasteiger partial charge >= 0.3 is 11.9 Å². The Morgan fingerprint density at radius 3 is 2.28 bits per heavy atom. The van der Waals surface area contributed by atoms with Gasteiger partial charge in [0.25, 0.3) is 0 Å². The van der Waals surface area contributed by atoms with Gasteiger partial charge in [-0.05, 0) is 30.3 Å². The number of amides is 2. The van der Waals surface area contributed by atoms with Gasteiger partial charge in [0.1, 0.15) is 0 Å². The molecular weight excluding hydrogens is 396 g/mol. The number of carbonyl (C=O) groups excluding carboxylic acids is 4. The quantitative estimate of drug-likeness (QED) is 0.724. The van der Waals surface area contributed by atoms with Crippen LogP contribution in [0.15, 0.2) is 47.4 Å². The van der Waals surface area contributed by atoms with Gasteiger partial charge in [0.2, 0.25) is 11.8 Å². The summed E-state index contributed by atoms with van der Waals surface area (Å²) in [7, 11) is 2.42. The number of methoxy groups -OCH3 is 2. The van der Waals surface area contributed by atoms with Crippen LogP contribution in [0.25, 0.3) is 0 Å². The van der Waals surface area contributed by atoms with Crippen molar-refractivity contribution >= 4 is 46.9 Å². The van der Waals surface area contributed by atoms with E-state index in [1.165, 1.54) is 44.2 Å². The van der Waals surface area contributed by atoms with Gasteiger partial charge in [-0.25, -0.2) is 9.59 Å². The Balaban J connectivity index is 1.75. The third-order valence-corrected chi connectivity index (χ3v) is 5.41. The van der Waals surface area contributed by atoms with Crippen LogP contribution in [-0.4, -0.2) is 43.2 Å². The lowest BCUT2D eigenvalue weighted by Gasteiger charge is -2.23. The first-order chi connectivity index (χ1) is 13.9. The van der Waals surface area contributed by atoms with Crippen LogP contribution in [0.4, 0.5) is 11.4 Å². The van der Waals surface area contributed by atoms with Gasteiger partial charge < -0.3 is 20.1 Å². The number of hydrogen-bond acceptors (Lipinski definition) is 7. The topological polar surface area (TPSA) is 111 Å². The molecule has 2 aromatic carbocycles. The van der Waals surface area contributed by atoms with Crippen LogP contribution >= 0.6 is 11.8 Å². The number of rotatable bonds is 5. The standard InChI is InChI=1S/C20H18N2O6S/c1-27-19(25)11-7-12(20(26)28-2)9-13(8-11)21-17(23)10-16-18(24)22-14-5-3-4-6-15(14)29-16/h3-9,16H,10H2,1-2H3,(H,21,23)(H,22,24)/t16-/m0/s1. The van der Waals surface area contributed by atoms with Gasteiger partial charge in [-0.1, -0.05) is 12.1 Å². The molecule has 9 heteroatoms. The van der Waals surface area contributed by atoms with Gasteiger partial charge in [-0.3, -0.25) is 9.59 Å². The summed E-state index contributed by atoms with van der Waals surface area (Å²) in [4.78, 5) is 49.4. The SMILES string of the molecule is COC(=O)c1cc(NC(=O)C[C@@H]2Sc3ccccc3NC2=O)cc(C(=O)OC)c1. The molecule has 1 heterocycles. The molecule has 0 aliphatic carbocycles. The second kappa shape index (κ2) is 8.78. The summed E-state index contributed by atoms with van der Waals surface area (Å²) < 4.78 is 9.35. The van der Waals surface area contributed by atoms with Crippen molar-refractivity contribution in [1.29, 1.82) is 0 Å². The molecule has 0 bridgehead atoms. The first-order valence-corrected chi connectivity index (χ1v) is 9.47. The minimum Gasteiger partial charge on any atom is -0.465 e. The Morgan fingerprint density at radius 1 is 1.03 bits per heavy atom. The van der Waals surface area contributed by atoms with Crippen molar-refractivity contribution in [3.05, 3.63) is 53.6 Å². The molecule has 0 spiro atoms. The number of fused-ring (bicyclic) bond motifs is 1. The highest BCUT2D eigenvalue weighted by Gasteiger charge is 2.29. The summed E-state index contributed by atoms with van der Waals surface area (Å²) in [5.41, 5.74) is 1.11. The number of thioether (sulfide) groups is 1. The largest absolute Gasteiger partial charge is 0.465 e. The lowest BCUT2D eigenvalue weighted by atomic mass is 10.1. The van der Waals surface area contributed by atoms with Crippen LogP contribution in [0.2, 0.25) is 0 Å². The van der Waals surface area contributed by atoms with E-state index in [-0.39, 0.29) is 29.1 Å². The molecule has 0 saturated carbocycles. The molecule has 150 valence electrons. The predicted octanol–water partition coefficient (Wildman–Crippen LogP) is 2.70. The zero-order valence-electron chi connectivity index (χ0n) is 15.7. The lowest BCUT2D eigenvalue weighted by Crippen LogP contribution is -2.32. The zero-order valence-corrected chi connectivity index (χ0v) is 16.5. The van der Waals surface area contributed by atoms with E-state index in [4.69, 9.17) is 0 Å². The summed E-state index contributed by atoms with van der Waals surface area (Å²) in [6.45, 7) is 0. The van der Waals surface area contributed by atoms with Crippen molar-refractivity contribution in [3.63, 3.8) is 0 Å². The fourth-order valence-corrected chi connectivity index (χ4v) is 3.89. The van der Waals surface area contributed by atoms with Crippen LogP contribution in [0.5, 0.6) is 0 Å². The molecule has 8 nitrogen and oxygen atoms in total. The van der Waals surface area contributed by atoms with E-state index in [1.807, 2.05) is 18.2 Å². The summed E-state index contributed by atoms with van der Waals surface area (Å²) in [6.07, 6.45) is -0.0825. The highest BCUT2D eigenvalue weighted by atomic mass is 32.2. The Hall–Kier alpha value is -3.33. The molecule has 1 aliphatic rings. The smallest absolute Gasteiger partial charge is 0.337 e. The van der Waals surface area contributed by atoms with Crippen LogP contribution in [-0.2, 0) is 19.1 Å². The molecule has 3 rings (SSSR count). The second-order valence-electron chi connectivity index (χ2n) is 6.13. The minimum absolute atomic E-state index is 0.0825. The highest BCUT2D eigenvalue weighted by Crippen LogP contribution is 2.36. The molecule has 2 amide bonds. The molecule has 1 aliphatic heterocycles. The number of esters is 2. The molecule has 2 N–H and O–H groups in total. The van der Waals surface area contributed by atoms with Gasteiger partial charge in [0, 0.05) is 17.0 Å². The summed E-state index contributed by atoms with van der Waals surface area (Å²) >= 11 is 1.31. The molecule has 29 heavy (non-hydrogen) atoms. The Bertz CT molecular complexity index is 956. The van der Waals surface area contributed by atoms with E-state index in [0.717, 1.165) is 4.90 Å². The number of nitrogens with one attached hydrogen (secondary N) is 2. The zero-order chi connectivity index (χ0) is 21.0. The maximum absolute atomic E-state index is 12.5. The van der Waals surface area contributed by atoms with Crippen molar-refractivity contribution in [2.24, 2.45) is 0 Å². The number of hydrogen-bond donors (Lipinski definition) is 2. The van der Waals surface area contributed by atoms with Crippen molar-refractivity contribution < 1.29 is 28.7 Å². The van der Waals surface area contributed by atoms with Crippen LogP contribution in [0.1, 0.15) is 27.1 Å². The van der Waals surface area contributed by atoms with Crippen LogP contribution in [0, 0.1) is 0 Å². The van der Waals surface area contributed by atoms with Crippen molar-refractivity contribution in [3.8, 4) is 0 Å². The monoisotopic (exact) mass is 414 g/mol. The molecule has 0 unspecified atom stereocenters. The number of anilines is 2. The van der Waals surface area contributed by atoms with Crippen molar-refractivity contribution in [2.45, 2.75) is 16.6 Å². The van der Waals surface area contributed by atoms with Gasteiger partial charge in [-0.2, -0.15) is 0 Å². The van der Waals surface area contributed by atoms with Gasteiger partial charge in [0.15, 0.2) is 0 Å². The fourth-order valence-electron chi connectivity index (χ4n) is 2.78. The minimum atomic E-state index is -0.662. The number of carbonyl (C=O) groups is 4. The normalized spacial score (nSPS) is 15.0. The van der Waals surface area contributed by atoms with E-state index in [0.29, 0.717) is 5.69 Å². The Morgan fingerprint density at radius 2 is 1.66 bits per heavy atom. The lowest BCUT2D eigenvalue weighted by molar-refractivity contribution is -0.120. The Kier molecular flexibility index (Phi) is 6.18. The predicted molar refractivity (Wildman–Crippen MR) is 107 cm³/mol. The van der Waals surface area contributed by atoms with E-state index in [9.17, 15) is 19.2 Å². The Labute approximate surface area is 170 Å². The van der Waals surface area contributed by atoms with Crippen molar-refractivity contribution in [2.75, 3.05) is 24.9 Å². The molecule has 0 radical (unpaired) electrons. The van der Waals surface area contributed by atoms with E-state index in [1.54, 1.807) is 6.07 Å². The maximum atomic E-state index is 12.5. The van der Waals surface area contributed by atoms with Gasteiger partial charge in [-0.15, -0.1) is 11.8 Å². The molecule has 0 fully saturated rings. The molecule has 0 saturated heterocycles. The average molecular weight is 414 g/mol. The van der Waals surface area contributed by atoms with Crippen LogP contribution < -0.4 is 10.6 Å². The van der Waals surface area contributed by atoms with E-state index < -0.39 is 23.1 Å². The van der Waals surface area contributed by atoms with Gasteiger partial charge in [0.05, 0.1) is 36.3 Å². The third kappa shape index (κ3) is 4.75. The average Bonchev–Trinajstić information content (AvgIpc) is 2.72. The number of ether oxygens (including phenoxy) is 2. The number of para-hydroxylation sites is 1.